The van der Waals surface area contributed by atoms with Crippen LogP contribution in [0.4, 0.5) is 5.82 Å². The molecule has 0 radical (unpaired) electrons. The molecule has 0 bridgehead atoms. The fourth-order valence-electron chi connectivity index (χ4n) is 2.26. The van der Waals surface area contributed by atoms with Crippen LogP contribution < -0.4 is 4.90 Å². The third-order valence-electron chi connectivity index (χ3n) is 3.35. The van der Waals surface area contributed by atoms with Crippen LogP contribution in [0.25, 0.3) is 0 Å². The topological polar surface area (TPSA) is 36.4 Å². The molecule has 94 valence electrons. The van der Waals surface area contributed by atoms with Gasteiger partial charge in [-0.05, 0) is 36.3 Å². The van der Waals surface area contributed by atoms with E-state index in [1.165, 1.54) is 18.4 Å². The van der Waals surface area contributed by atoms with Crippen molar-refractivity contribution in [1.29, 1.82) is 0 Å². The van der Waals surface area contributed by atoms with Crippen molar-refractivity contribution in [1.82, 2.24) is 4.98 Å². The van der Waals surface area contributed by atoms with Gasteiger partial charge in [-0.3, -0.25) is 0 Å². The first kappa shape index (κ1) is 12.4. The van der Waals surface area contributed by atoms with Gasteiger partial charge in [-0.25, -0.2) is 4.98 Å². The van der Waals surface area contributed by atoms with E-state index in [2.05, 4.69) is 35.9 Å². The van der Waals surface area contributed by atoms with Gasteiger partial charge in [0.2, 0.25) is 0 Å². The fourth-order valence-corrected chi connectivity index (χ4v) is 2.26. The Morgan fingerprint density at radius 1 is 1.29 bits per heavy atom. The van der Waals surface area contributed by atoms with E-state index in [1.807, 2.05) is 6.20 Å². The highest BCUT2D eigenvalue weighted by Gasteiger charge is 2.18. The standard InChI is InChI=1S/C14H22N2O/c1-14(2,11-17)9-12-5-6-13(15-10-12)16-7-3-4-8-16/h5-6,10,17H,3-4,7-9,11H2,1-2H3. The van der Waals surface area contributed by atoms with Crippen molar-refractivity contribution in [3.8, 4) is 0 Å². The third-order valence-corrected chi connectivity index (χ3v) is 3.35. The van der Waals surface area contributed by atoms with Crippen LogP contribution in [0.3, 0.4) is 0 Å². The van der Waals surface area contributed by atoms with Crippen LogP contribution in [0.2, 0.25) is 0 Å². The van der Waals surface area contributed by atoms with Crippen LogP contribution in [0.15, 0.2) is 18.3 Å². The van der Waals surface area contributed by atoms with E-state index in [4.69, 9.17) is 0 Å². The number of hydrogen-bond acceptors (Lipinski definition) is 3. The van der Waals surface area contributed by atoms with E-state index in [-0.39, 0.29) is 12.0 Å². The third kappa shape index (κ3) is 3.19. The molecule has 0 unspecified atom stereocenters. The van der Waals surface area contributed by atoms with Crippen LogP contribution in [-0.2, 0) is 6.42 Å². The van der Waals surface area contributed by atoms with Gasteiger partial charge in [-0.1, -0.05) is 19.9 Å². The van der Waals surface area contributed by atoms with Crippen LogP contribution >= 0.6 is 0 Å². The summed E-state index contributed by atoms with van der Waals surface area (Å²) in [4.78, 5) is 6.86. The molecule has 1 saturated heterocycles. The molecule has 0 amide bonds. The van der Waals surface area contributed by atoms with Crippen LogP contribution in [-0.4, -0.2) is 29.8 Å². The van der Waals surface area contributed by atoms with Gasteiger partial charge in [-0.2, -0.15) is 0 Å². The Kier molecular flexibility index (Phi) is 3.67. The monoisotopic (exact) mass is 234 g/mol. The van der Waals surface area contributed by atoms with E-state index >= 15 is 0 Å². The summed E-state index contributed by atoms with van der Waals surface area (Å²) in [6.07, 6.45) is 5.38. The lowest BCUT2D eigenvalue weighted by Crippen LogP contribution is -2.21. The molecule has 1 aliphatic heterocycles. The molecule has 1 N–H and O–H groups in total. The zero-order valence-electron chi connectivity index (χ0n) is 10.8. The molecule has 1 aliphatic rings. The molecule has 3 heteroatoms. The number of pyridine rings is 1. The maximum Gasteiger partial charge on any atom is 0.128 e. The van der Waals surface area contributed by atoms with Gasteiger partial charge in [0.1, 0.15) is 5.82 Å². The molecular weight excluding hydrogens is 212 g/mol. The Morgan fingerprint density at radius 2 is 2.00 bits per heavy atom. The summed E-state index contributed by atoms with van der Waals surface area (Å²) in [6, 6.07) is 4.24. The van der Waals surface area contributed by atoms with Gasteiger partial charge < -0.3 is 10.0 Å². The second-order valence-corrected chi connectivity index (χ2v) is 5.72. The maximum atomic E-state index is 9.25. The molecule has 2 heterocycles. The minimum Gasteiger partial charge on any atom is -0.396 e. The number of aromatic nitrogens is 1. The Morgan fingerprint density at radius 3 is 2.53 bits per heavy atom. The Bertz CT molecular complexity index is 353. The van der Waals surface area contributed by atoms with Crippen LogP contribution in [0, 0.1) is 5.41 Å². The Labute approximate surface area is 103 Å². The molecule has 0 atom stereocenters. The van der Waals surface area contributed by atoms with Crippen molar-refractivity contribution in [3.05, 3.63) is 23.9 Å². The van der Waals surface area contributed by atoms with Gasteiger partial charge in [0.05, 0.1) is 0 Å². The Hall–Kier alpha value is -1.09. The predicted octanol–water partition coefficient (Wildman–Crippen LogP) is 2.24. The highest BCUT2D eigenvalue weighted by Crippen LogP contribution is 2.22. The number of aliphatic hydroxyl groups excluding tert-OH is 1. The normalized spacial score (nSPS) is 16.5. The minimum absolute atomic E-state index is 0.0587. The average molecular weight is 234 g/mol. The number of anilines is 1. The van der Waals surface area contributed by atoms with Gasteiger partial charge >= 0.3 is 0 Å². The van der Waals surface area contributed by atoms with E-state index < -0.39 is 0 Å². The smallest absolute Gasteiger partial charge is 0.128 e. The fraction of sp³-hybridized carbons (Fsp3) is 0.643. The lowest BCUT2D eigenvalue weighted by atomic mass is 9.87. The lowest BCUT2D eigenvalue weighted by molar-refractivity contribution is 0.159. The number of aliphatic hydroxyl groups is 1. The summed E-state index contributed by atoms with van der Waals surface area (Å²) in [5.74, 6) is 1.09. The van der Waals surface area contributed by atoms with E-state index in [1.54, 1.807) is 0 Å². The van der Waals surface area contributed by atoms with Crippen molar-refractivity contribution < 1.29 is 5.11 Å². The molecule has 1 aromatic rings. The summed E-state index contributed by atoms with van der Waals surface area (Å²) in [7, 11) is 0. The molecule has 0 spiro atoms. The van der Waals surface area contributed by atoms with Gasteiger partial charge in [0, 0.05) is 25.9 Å². The lowest BCUT2D eigenvalue weighted by Gasteiger charge is -2.22. The number of nitrogens with zero attached hydrogens (tertiary/aromatic N) is 2. The van der Waals surface area contributed by atoms with Crippen molar-refractivity contribution in [3.63, 3.8) is 0 Å². The quantitative estimate of drug-likeness (QED) is 0.868. The second kappa shape index (κ2) is 5.05. The largest absolute Gasteiger partial charge is 0.396 e. The molecule has 0 aliphatic carbocycles. The average Bonchev–Trinajstić information content (AvgIpc) is 2.83. The second-order valence-electron chi connectivity index (χ2n) is 5.72. The maximum absolute atomic E-state index is 9.25. The molecule has 2 rings (SSSR count). The summed E-state index contributed by atoms with van der Waals surface area (Å²) in [5.41, 5.74) is 1.14. The van der Waals surface area contributed by atoms with Crippen molar-refractivity contribution in [2.24, 2.45) is 5.41 Å². The molecule has 17 heavy (non-hydrogen) atoms. The molecule has 3 nitrogen and oxygen atoms in total. The summed E-state index contributed by atoms with van der Waals surface area (Å²) >= 11 is 0. The van der Waals surface area contributed by atoms with Crippen molar-refractivity contribution in [2.45, 2.75) is 33.1 Å². The van der Waals surface area contributed by atoms with E-state index in [0.29, 0.717) is 0 Å². The van der Waals surface area contributed by atoms with Crippen molar-refractivity contribution >= 4 is 5.82 Å². The highest BCUT2D eigenvalue weighted by molar-refractivity contribution is 5.40. The first-order valence-corrected chi connectivity index (χ1v) is 6.41. The highest BCUT2D eigenvalue weighted by atomic mass is 16.3. The van der Waals surface area contributed by atoms with E-state index in [0.717, 1.165) is 25.3 Å². The predicted molar refractivity (Wildman–Crippen MR) is 70.3 cm³/mol. The minimum atomic E-state index is -0.0587. The van der Waals surface area contributed by atoms with Crippen molar-refractivity contribution in [2.75, 3.05) is 24.6 Å². The summed E-state index contributed by atoms with van der Waals surface area (Å²) in [5, 5.41) is 9.25. The molecule has 1 fully saturated rings. The first-order chi connectivity index (χ1) is 8.11. The van der Waals surface area contributed by atoms with E-state index in [9.17, 15) is 5.11 Å². The SMILES string of the molecule is CC(C)(CO)Cc1ccc(N2CCCC2)nc1. The summed E-state index contributed by atoms with van der Waals surface area (Å²) in [6.45, 7) is 6.62. The molecule has 0 aromatic carbocycles. The van der Waals surface area contributed by atoms with Crippen LogP contribution in [0.1, 0.15) is 32.3 Å². The zero-order valence-corrected chi connectivity index (χ0v) is 10.8. The molecule has 0 saturated carbocycles. The zero-order chi connectivity index (χ0) is 12.3. The Balaban J connectivity index is 2.02. The number of hydrogen-bond donors (Lipinski definition) is 1. The van der Waals surface area contributed by atoms with Gasteiger partial charge in [0.25, 0.3) is 0 Å². The molecule has 1 aromatic heterocycles. The molecular formula is C14H22N2O. The van der Waals surface area contributed by atoms with Crippen LogP contribution in [0.5, 0.6) is 0 Å². The summed E-state index contributed by atoms with van der Waals surface area (Å²) < 4.78 is 0. The van der Waals surface area contributed by atoms with Gasteiger partial charge in [-0.15, -0.1) is 0 Å². The first-order valence-electron chi connectivity index (χ1n) is 6.41. The number of rotatable bonds is 4. The van der Waals surface area contributed by atoms with Gasteiger partial charge in [0.15, 0.2) is 0 Å².